The number of benzene rings is 1. The number of primary amides is 1. The topological polar surface area (TPSA) is 128 Å². The van der Waals surface area contributed by atoms with Gasteiger partial charge < -0.3 is 21.1 Å². The second-order valence-corrected chi connectivity index (χ2v) is 8.54. The fourth-order valence-electron chi connectivity index (χ4n) is 3.27. The standard InChI is InChI=1S/C21H22ClN3O5S/c22-13-8-6-12(7-9-13)20(29)24-10-2-5-17(27)30-11-16(26)25-21-18(19(23)28)14-3-1-4-15(14)31-21/h6-9H,1-5,10-11H2,(H2,23,28)(H,24,29)(H,25,26). The Morgan fingerprint density at radius 3 is 2.58 bits per heavy atom. The number of nitrogens with one attached hydrogen (secondary N) is 2. The summed E-state index contributed by atoms with van der Waals surface area (Å²) in [5.74, 6) is -1.93. The van der Waals surface area contributed by atoms with E-state index in [0.29, 0.717) is 27.6 Å². The number of esters is 1. The fourth-order valence-corrected chi connectivity index (χ4v) is 4.71. The van der Waals surface area contributed by atoms with E-state index in [0.717, 1.165) is 29.7 Å². The molecule has 0 radical (unpaired) electrons. The van der Waals surface area contributed by atoms with Crippen LogP contribution in [0, 0.1) is 0 Å². The van der Waals surface area contributed by atoms with Crippen LogP contribution in [-0.4, -0.2) is 36.8 Å². The number of ether oxygens (including phenoxy) is 1. The Hall–Kier alpha value is -2.91. The van der Waals surface area contributed by atoms with Crippen LogP contribution in [0.3, 0.4) is 0 Å². The number of hydrogen-bond donors (Lipinski definition) is 3. The summed E-state index contributed by atoms with van der Waals surface area (Å²) in [6.45, 7) is -0.178. The first kappa shape index (κ1) is 22.8. The van der Waals surface area contributed by atoms with Gasteiger partial charge in [-0.05, 0) is 55.5 Å². The summed E-state index contributed by atoms with van der Waals surface area (Å²) in [7, 11) is 0. The molecule has 1 aliphatic rings. The van der Waals surface area contributed by atoms with Gasteiger partial charge in [0.2, 0.25) is 0 Å². The van der Waals surface area contributed by atoms with Crippen molar-refractivity contribution in [1.29, 1.82) is 0 Å². The highest BCUT2D eigenvalue weighted by atomic mass is 35.5. The predicted molar refractivity (Wildman–Crippen MR) is 117 cm³/mol. The zero-order valence-electron chi connectivity index (χ0n) is 16.7. The SMILES string of the molecule is NC(=O)c1c(NC(=O)COC(=O)CCCNC(=O)c2ccc(Cl)cc2)sc2c1CCC2. The molecule has 1 heterocycles. The quantitative estimate of drug-likeness (QED) is 0.389. The van der Waals surface area contributed by atoms with Gasteiger partial charge in [0, 0.05) is 28.4 Å². The first-order chi connectivity index (χ1) is 14.8. The van der Waals surface area contributed by atoms with Crippen LogP contribution in [0.4, 0.5) is 5.00 Å². The van der Waals surface area contributed by atoms with Gasteiger partial charge in [-0.3, -0.25) is 19.2 Å². The molecule has 0 fully saturated rings. The van der Waals surface area contributed by atoms with Gasteiger partial charge in [-0.2, -0.15) is 0 Å². The number of aryl methyl sites for hydroxylation is 1. The predicted octanol–water partition coefficient (Wildman–Crippen LogP) is 2.68. The van der Waals surface area contributed by atoms with E-state index in [1.807, 2.05) is 0 Å². The number of thiophene rings is 1. The smallest absolute Gasteiger partial charge is 0.306 e. The second-order valence-electron chi connectivity index (χ2n) is 7.00. The molecule has 0 saturated carbocycles. The summed E-state index contributed by atoms with van der Waals surface area (Å²) < 4.78 is 4.97. The number of nitrogens with two attached hydrogens (primary N) is 1. The van der Waals surface area contributed by atoms with Crippen molar-refractivity contribution in [3.63, 3.8) is 0 Å². The lowest BCUT2D eigenvalue weighted by molar-refractivity contribution is -0.147. The first-order valence-electron chi connectivity index (χ1n) is 9.78. The monoisotopic (exact) mass is 463 g/mol. The van der Waals surface area contributed by atoms with E-state index >= 15 is 0 Å². The first-order valence-corrected chi connectivity index (χ1v) is 11.0. The summed E-state index contributed by atoms with van der Waals surface area (Å²) in [6, 6.07) is 6.46. The highest BCUT2D eigenvalue weighted by Crippen LogP contribution is 2.38. The molecule has 0 spiro atoms. The van der Waals surface area contributed by atoms with Crippen molar-refractivity contribution in [2.45, 2.75) is 32.1 Å². The Morgan fingerprint density at radius 1 is 1.13 bits per heavy atom. The third-order valence-corrected chi connectivity index (χ3v) is 6.19. The normalized spacial score (nSPS) is 12.2. The number of halogens is 1. The second kappa shape index (κ2) is 10.4. The summed E-state index contributed by atoms with van der Waals surface area (Å²) in [5.41, 5.74) is 7.19. The summed E-state index contributed by atoms with van der Waals surface area (Å²) in [6.07, 6.45) is 3.01. The van der Waals surface area contributed by atoms with Gasteiger partial charge in [-0.15, -0.1) is 11.3 Å². The van der Waals surface area contributed by atoms with Crippen molar-refractivity contribution in [2.24, 2.45) is 5.73 Å². The van der Waals surface area contributed by atoms with E-state index in [9.17, 15) is 19.2 Å². The van der Waals surface area contributed by atoms with Crippen LogP contribution in [0.2, 0.25) is 5.02 Å². The fraction of sp³-hybridized carbons (Fsp3) is 0.333. The Labute approximate surface area is 188 Å². The van der Waals surface area contributed by atoms with Crippen molar-refractivity contribution in [3.05, 3.63) is 50.9 Å². The molecular weight excluding hydrogens is 442 g/mol. The number of fused-ring (bicyclic) bond motifs is 1. The molecule has 2 aromatic rings. The zero-order chi connectivity index (χ0) is 22.4. The molecule has 8 nitrogen and oxygen atoms in total. The Morgan fingerprint density at radius 2 is 1.87 bits per heavy atom. The molecule has 31 heavy (non-hydrogen) atoms. The van der Waals surface area contributed by atoms with Gasteiger partial charge in [-0.1, -0.05) is 11.6 Å². The van der Waals surface area contributed by atoms with Crippen LogP contribution in [0.1, 0.15) is 50.4 Å². The highest BCUT2D eigenvalue weighted by Gasteiger charge is 2.26. The Balaban J connectivity index is 1.37. The minimum absolute atomic E-state index is 0.0496. The Kier molecular flexibility index (Phi) is 7.64. The molecule has 3 rings (SSSR count). The lowest BCUT2D eigenvalue weighted by atomic mass is 10.1. The lowest BCUT2D eigenvalue weighted by Crippen LogP contribution is -2.25. The number of hydrogen-bond acceptors (Lipinski definition) is 6. The molecule has 1 aromatic carbocycles. The van der Waals surface area contributed by atoms with E-state index in [2.05, 4.69) is 10.6 Å². The number of carbonyl (C=O) groups is 4. The lowest BCUT2D eigenvalue weighted by Gasteiger charge is -2.08. The van der Waals surface area contributed by atoms with Crippen LogP contribution in [0.5, 0.6) is 0 Å². The number of rotatable bonds is 9. The maximum absolute atomic E-state index is 12.1. The molecule has 4 N–H and O–H groups in total. The van der Waals surface area contributed by atoms with E-state index in [4.69, 9.17) is 22.1 Å². The van der Waals surface area contributed by atoms with Gasteiger partial charge in [0.25, 0.3) is 17.7 Å². The van der Waals surface area contributed by atoms with E-state index in [1.54, 1.807) is 24.3 Å². The highest BCUT2D eigenvalue weighted by molar-refractivity contribution is 7.17. The van der Waals surface area contributed by atoms with Crippen molar-refractivity contribution in [1.82, 2.24) is 5.32 Å². The van der Waals surface area contributed by atoms with Crippen molar-refractivity contribution < 1.29 is 23.9 Å². The maximum Gasteiger partial charge on any atom is 0.306 e. The molecular formula is C21H22ClN3O5S. The Bertz CT molecular complexity index is 1000. The van der Waals surface area contributed by atoms with Crippen LogP contribution in [0.25, 0.3) is 0 Å². The van der Waals surface area contributed by atoms with Crippen molar-refractivity contribution in [3.8, 4) is 0 Å². The molecule has 1 aromatic heterocycles. The third kappa shape index (κ3) is 6.05. The molecule has 3 amide bonds. The molecule has 164 valence electrons. The molecule has 0 saturated heterocycles. The third-order valence-electron chi connectivity index (χ3n) is 4.73. The van der Waals surface area contributed by atoms with Crippen LogP contribution in [0.15, 0.2) is 24.3 Å². The van der Waals surface area contributed by atoms with E-state index in [-0.39, 0.29) is 18.9 Å². The van der Waals surface area contributed by atoms with Crippen LogP contribution < -0.4 is 16.4 Å². The average Bonchev–Trinajstić information content (AvgIpc) is 3.30. The van der Waals surface area contributed by atoms with Crippen molar-refractivity contribution in [2.75, 3.05) is 18.5 Å². The average molecular weight is 464 g/mol. The summed E-state index contributed by atoms with van der Waals surface area (Å²) in [5, 5.41) is 6.26. The molecule has 0 atom stereocenters. The van der Waals surface area contributed by atoms with Gasteiger partial charge in [-0.25, -0.2) is 0 Å². The summed E-state index contributed by atoms with van der Waals surface area (Å²) in [4.78, 5) is 48.7. The van der Waals surface area contributed by atoms with Gasteiger partial charge in [0.1, 0.15) is 5.00 Å². The van der Waals surface area contributed by atoms with Crippen LogP contribution in [-0.2, 0) is 27.2 Å². The molecule has 10 heteroatoms. The van der Waals surface area contributed by atoms with Crippen LogP contribution >= 0.6 is 22.9 Å². The van der Waals surface area contributed by atoms with Crippen molar-refractivity contribution >= 4 is 51.6 Å². The van der Waals surface area contributed by atoms with E-state index < -0.39 is 24.4 Å². The zero-order valence-corrected chi connectivity index (χ0v) is 18.2. The number of amides is 3. The molecule has 0 unspecified atom stereocenters. The number of carbonyl (C=O) groups excluding carboxylic acids is 4. The largest absolute Gasteiger partial charge is 0.456 e. The summed E-state index contributed by atoms with van der Waals surface area (Å²) >= 11 is 7.12. The molecule has 0 bridgehead atoms. The minimum Gasteiger partial charge on any atom is -0.456 e. The van der Waals surface area contributed by atoms with E-state index in [1.165, 1.54) is 11.3 Å². The minimum atomic E-state index is -0.577. The van der Waals surface area contributed by atoms with Gasteiger partial charge in [0.05, 0.1) is 5.56 Å². The molecule has 1 aliphatic carbocycles. The maximum atomic E-state index is 12.1. The van der Waals surface area contributed by atoms with Gasteiger partial charge >= 0.3 is 5.97 Å². The van der Waals surface area contributed by atoms with Gasteiger partial charge in [0.15, 0.2) is 6.61 Å². The molecule has 0 aliphatic heterocycles. The number of anilines is 1.